The second-order valence-corrected chi connectivity index (χ2v) is 5.52. The first kappa shape index (κ1) is 13.6. The maximum Gasteiger partial charge on any atom is 0.0624 e. The normalized spacial score (nSPS) is 24.4. The van der Waals surface area contributed by atoms with E-state index >= 15 is 0 Å². The van der Waals surface area contributed by atoms with Crippen LogP contribution in [0.5, 0.6) is 0 Å². The molecule has 1 aromatic rings. The highest BCUT2D eigenvalue weighted by molar-refractivity contribution is 5.11. The van der Waals surface area contributed by atoms with Crippen LogP contribution in [0.1, 0.15) is 50.9 Å². The number of hydrogen-bond acceptors (Lipinski definition) is 2. The number of aromatic nitrogens is 2. The molecule has 1 saturated carbocycles. The average molecular weight is 249 g/mol. The van der Waals surface area contributed by atoms with Gasteiger partial charge < -0.3 is 5.32 Å². The quantitative estimate of drug-likeness (QED) is 0.869. The molecule has 3 nitrogen and oxygen atoms in total. The Bertz CT molecular complexity index is 370. The lowest BCUT2D eigenvalue weighted by atomic mass is 9.83. The SMILES string of the molecule is CCc1cc(CC2CCCC(NC)C2)n(CC)n1. The van der Waals surface area contributed by atoms with E-state index in [1.54, 1.807) is 0 Å². The van der Waals surface area contributed by atoms with Crippen molar-refractivity contribution >= 4 is 0 Å². The molecule has 0 amide bonds. The highest BCUT2D eigenvalue weighted by Crippen LogP contribution is 2.27. The Morgan fingerprint density at radius 1 is 1.39 bits per heavy atom. The van der Waals surface area contributed by atoms with Gasteiger partial charge in [0.25, 0.3) is 0 Å². The van der Waals surface area contributed by atoms with E-state index in [2.05, 4.69) is 42.1 Å². The summed E-state index contributed by atoms with van der Waals surface area (Å²) in [7, 11) is 2.10. The summed E-state index contributed by atoms with van der Waals surface area (Å²) in [6.45, 7) is 5.37. The van der Waals surface area contributed by atoms with Crippen molar-refractivity contribution in [3.05, 3.63) is 17.5 Å². The van der Waals surface area contributed by atoms with Gasteiger partial charge >= 0.3 is 0 Å². The van der Waals surface area contributed by atoms with Crippen LogP contribution in [-0.2, 0) is 19.4 Å². The number of nitrogens with one attached hydrogen (secondary N) is 1. The van der Waals surface area contributed by atoms with Gasteiger partial charge in [-0.3, -0.25) is 4.68 Å². The predicted molar refractivity (Wildman–Crippen MR) is 75.8 cm³/mol. The van der Waals surface area contributed by atoms with Crippen molar-refractivity contribution in [1.82, 2.24) is 15.1 Å². The van der Waals surface area contributed by atoms with Crippen molar-refractivity contribution < 1.29 is 0 Å². The van der Waals surface area contributed by atoms with Crippen LogP contribution < -0.4 is 5.32 Å². The minimum atomic E-state index is 0.729. The third kappa shape index (κ3) is 3.14. The van der Waals surface area contributed by atoms with E-state index < -0.39 is 0 Å². The summed E-state index contributed by atoms with van der Waals surface area (Å²) < 4.78 is 2.20. The minimum absolute atomic E-state index is 0.729. The first-order valence-corrected chi connectivity index (χ1v) is 7.49. The lowest BCUT2D eigenvalue weighted by Crippen LogP contribution is -2.32. The molecule has 102 valence electrons. The van der Waals surface area contributed by atoms with Crippen LogP contribution in [0.3, 0.4) is 0 Å². The second kappa shape index (κ2) is 6.37. The van der Waals surface area contributed by atoms with Gasteiger partial charge in [-0.05, 0) is 58.1 Å². The highest BCUT2D eigenvalue weighted by Gasteiger charge is 2.22. The summed E-state index contributed by atoms with van der Waals surface area (Å²) in [5, 5.41) is 8.10. The summed E-state index contributed by atoms with van der Waals surface area (Å²) in [6.07, 6.45) is 7.68. The molecule has 0 bridgehead atoms. The highest BCUT2D eigenvalue weighted by atomic mass is 15.3. The van der Waals surface area contributed by atoms with Crippen molar-refractivity contribution in [3.63, 3.8) is 0 Å². The summed E-state index contributed by atoms with van der Waals surface area (Å²) >= 11 is 0. The maximum atomic E-state index is 4.65. The molecular formula is C15H27N3. The van der Waals surface area contributed by atoms with Crippen molar-refractivity contribution in [1.29, 1.82) is 0 Å². The van der Waals surface area contributed by atoms with Crippen molar-refractivity contribution in [3.8, 4) is 0 Å². The molecule has 0 spiro atoms. The van der Waals surface area contributed by atoms with Crippen LogP contribution >= 0.6 is 0 Å². The third-order valence-corrected chi connectivity index (χ3v) is 4.26. The molecule has 1 N–H and O–H groups in total. The van der Waals surface area contributed by atoms with E-state index in [-0.39, 0.29) is 0 Å². The van der Waals surface area contributed by atoms with E-state index in [0.717, 1.165) is 24.9 Å². The molecule has 1 fully saturated rings. The molecule has 1 heterocycles. The van der Waals surface area contributed by atoms with E-state index in [9.17, 15) is 0 Å². The van der Waals surface area contributed by atoms with Crippen molar-refractivity contribution in [2.45, 2.75) is 65.0 Å². The van der Waals surface area contributed by atoms with E-state index in [1.807, 2.05) is 0 Å². The van der Waals surface area contributed by atoms with E-state index in [0.29, 0.717) is 0 Å². The largest absolute Gasteiger partial charge is 0.317 e. The van der Waals surface area contributed by atoms with Crippen LogP contribution in [0.4, 0.5) is 0 Å². The fraction of sp³-hybridized carbons (Fsp3) is 0.800. The van der Waals surface area contributed by atoms with Crippen LogP contribution in [-0.4, -0.2) is 22.9 Å². The average Bonchev–Trinajstić information content (AvgIpc) is 2.81. The third-order valence-electron chi connectivity index (χ3n) is 4.26. The summed E-state index contributed by atoms with van der Waals surface area (Å²) in [5.41, 5.74) is 2.68. The second-order valence-electron chi connectivity index (χ2n) is 5.52. The van der Waals surface area contributed by atoms with Crippen molar-refractivity contribution in [2.75, 3.05) is 7.05 Å². The Labute approximate surface area is 111 Å². The topological polar surface area (TPSA) is 29.9 Å². The van der Waals surface area contributed by atoms with Gasteiger partial charge in [-0.2, -0.15) is 5.10 Å². The minimum Gasteiger partial charge on any atom is -0.317 e. The zero-order valence-electron chi connectivity index (χ0n) is 12.1. The standard InChI is InChI=1S/C15H27N3/c1-4-13-11-15(18(5-2)17-13)10-12-7-6-8-14(9-12)16-3/h11-12,14,16H,4-10H2,1-3H3. The summed E-state index contributed by atoms with van der Waals surface area (Å²) in [5.74, 6) is 0.836. The first-order chi connectivity index (χ1) is 8.76. The lowest BCUT2D eigenvalue weighted by molar-refractivity contribution is 0.290. The Kier molecular flexibility index (Phi) is 4.81. The fourth-order valence-corrected chi connectivity index (χ4v) is 3.16. The van der Waals surface area contributed by atoms with Gasteiger partial charge in [0.2, 0.25) is 0 Å². The van der Waals surface area contributed by atoms with Crippen LogP contribution in [0.2, 0.25) is 0 Å². The van der Waals surface area contributed by atoms with Gasteiger partial charge in [0.15, 0.2) is 0 Å². The van der Waals surface area contributed by atoms with Gasteiger partial charge in [0.1, 0.15) is 0 Å². The van der Waals surface area contributed by atoms with E-state index in [4.69, 9.17) is 0 Å². The zero-order chi connectivity index (χ0) is 13.0. The number of nitrogens with zero attached hydrogens (tertiary/aromatic N) is 2. The number of hydrogen-bond donors (Lipinski definition) is 1. The zero-order valence-corrected chi connectivity index (χ0v) is 12.1. The molecule has 0 aromatic carbocycles. The lowest BCUT2D eigenvalue weighted by Gasteiger charge is -2.28. The number of rotatable bonds is 5. The molecule has 18 heavy (non-hydrogen) atoms. The van der Waals surface area contributed by atoms with Gasteiger partial charge in [0, 0.05) is 18.3 Å². The molecular weight excluding hydrogens is 222 g/mol. The van der Waals surface area contributed by atoms with Crippen LogP contribution in [0.25, 0.3) is 0 Å². The number of aryl methyl sites for hydroxylation is 2. The molecule has 2 rings (SSSR count). The Morgan fingerprint density at radius 2 is 2.22 bits per heavy atom. The molecule has 3 heteroatoms. The molecule has 0 radical (unpaired) electrons. The molecule has 1 aliphatic carbocycles. The molecule has 2 unspecified atom stereocenters. The fourth-order valence-electron chi connectivity index (χ4n) is 3.16. The van der Waals surface area contributed by atoms with E-state index in [1.165, 1.54) is 43.5 Å². The summed E-state index contributed by atoms with van der Waals surface area (Å²) in [4.78, 5) is 0. The van der Waals surface area contributed by atoms with Crippen molar-refractivity contribution in [2.24, 2.45) is 5.92 Å². The molecule has 0 saturated heterocycles. The molecule has 2 atom stereocenters. The predicted octanol–water partition coefficient (Wildman–Crippen LogP) is 2.79. The smallest absolute Gasteiger partial charge is 0.0624 e. The Hall–Kier alpha value is -0.830. The molecule has 1 aliphatic rings. The van der Waals surface area contributed by atoms with Gasteiger partial charge in [-0.25, -0.2) is 0 Å². The van der Waals surface area contributed by atoms with Gasteiger partial charge in [-0.15, -0.1) is 0 Å². The monoisotopic (exact) mass is 249 g/mol. The first-order valence-electron chi connectivity index (χ1n) is 7.49. The summed E-state index contributed by atoms with van der Waals surface area (Å²) in [6, 6.07) is 3.04. The van der Waals surface area contributed by atoms with Gasteiger partial charge in [0.05, 0.1) is 5.69 Å². The van der Waals surface area contributed by atoms with Crippen LogP contribution in [0, 0.1) is 5.92 Å². The Balaban J connectivity index is 2.01. The van der Waals surface area contributed by atoms with Gasteiger partial charge in [-0.1, -0.05) is 13.3 Å². The maximum absolute atomic E-state index is 4.65. The van der Waals surface area contributed by atoms with Crippen LogP contribution in [0.15, 0.2) is 6.07 Å². The molecule has 1 aromatic heterocycles. The molecule has 0 aliphatic heterocycles. The Morgan fingerprint density at radius 3 is 2.89 bits per heavy atom.